The minimum absolute atomic E-state index is 0.621. The molecular weight excluding hydrogens is 599 g/mol. The van der Waals surface area contributed by atoms with Gasteiger partial charge in [0.25, 0.3) is 0 Å². The van der Waals surface area contributed by atoms with Crippen LogP contribution in [0.25, 0.3) is 89.5 Å². The van der Waals surface area contributed by atoms with Crippen LogP contribution in [-0.2, 0) is 0 Å². The molecule has 0 atom stereocenters. The van der Waals surface area contributed by atoms with E-state index in [9.17, 15) is 0 Å². The van der Waals surface area contributed by atoms with E-state index in [2.05, 4.69) is 133 Å². The molecule has 0 radical (unpaired) electrons. The smallest absolute Gasteiger partial charge is 0.164 e. The maximum Gasteiger partial charge on any atom is 0.164 e. The lowest BCUT2D eigenvalue weighted by molar-refractivity contribution is 0.669. The first-order valence-corrected chi connectivity index (χ1v) is 16.4. The summed E-state index contributed by atoms with van der Waals surface area (Å²) in [5, 5.41) is 2.21. The Morgan fingerprint density at radius 2 is 0.694 bits per heavy atom. The molecule has 9 rings (SSSR count). The van der Waals surface area contributed by atoms with Gasteiger partial charge in [0.1, 0.15) is 11.2 Å². The number of nitrogens with zero attached hydrogens (tertiary/aromatic N) is 3. The fraction of sp³-hybridized carbons (Fsp3) is 0. The van der Waals surface area contributed by atoms with Crippen molar-refractivity contribution in [3.05, 3.63) is 176 Å². The Morgan fingerprint density at radius 1 is 0.265 bits per heavy atom. The van der Waals surface area contributed by atoms with Crippen molar-refractivity contribution in [2.24, 2.45) is 0 Å². The number of hydrogen-bond acceptors (Lipinski definition) is 4. The van der Waals surface area contributed by atoms with E-state index in [-0.39, 0.29) is 0 Å². The molecule has 0 saturated heterocycles. The van der Waals surface area contributed by atoms with Crippen molar-refractivity contribution in [1.82, 2.24) is 15.0 Å². The lowest BCUT2D eigenvalue weighted by Gasteiger charge is -2.10. The van der Waals surface area contributed by atoms with E-state index in [4.69, 9.17) is 19.4 Å². The van der Waals surface area contributed by atoms with Crippen molar-refractivity contribution < 1.29 is 4.42 Å². The second-order valence-corrected chi connectivity index (χ2v) is 12.1. The highest BCUT2D eigenvalue weighted by atomic mass is 16.3. The average molecular weight is 628 g/mol. The SMILES string of the molecule is c1ccc(-c2ccc(-c3nc(-c4ccccc4)nc(-c4cccc(-c5ccc6c(c5)oc5ccc(-c7ccccc7)cc56)c4)n3)cc2)cc1. The average Bonchev–Trinajstić information content (AvgIpc) is 3.56. The zero-order valence-corrected chi connectivity index (χ0v) is 26.5. The van der Waals surface area contributed by atoms with Crippen molar-refractivity contribution in [3.63, 3.8) is 0 Å². The zero-order valence-electron chi connectivity index (χ0n) is 26.5. The molecule has 2 heterocycles. The molecule has 4 heteroatoms. The number of fused-ring (bicyclic) bond motifs is 3. The Labute approximate surface area is 284 Å². The Balaban J connectivity index is 1.10. The van der Waals surface area contributed by atoms with Gasteiger partial charge in [-0.25, -0.2) is 15.0 Å². The number of hydrogen-bond donors (Lipinski definition) is 0. The molecule has 230 valence electrons. The Bertz CT molecular complexity index is 2580. The van der Waals surface area contributed by atoms with Gasteiger partial charge in [0.2, 0.25) is 0 Å². The monoisotopic (exact) mass is 627 g/mol. The van der Waals surface area contributed by atoms with Crippen LogP contribution in [0.5, 0.6) is 0 Å². The van der Waals surface area contributed by atoms with Crippen LogP contribution >= 0.6 is 0 Å². The van der Waals surface area contributed by atoms with E-state index >= 15 is 0 Å². The summed E-state index contributed by atoms with van der Waals surface area (Å²) in [6.45, 7) is 0. The number of benzene rings is 7. The van der Waals surface area contributed by atoms with Crippen LogP contribution < -0.4 is 0 Å². The van der Waals surface area contributed by atoms with Gasteiger partial charge in [0.05, 0.1) is 0 Å². The third-order valence-corrected chi connectivity index (χ3v) is 8.95. The largest absolute Gasteiger partial charge is 0.456 e. The highest BCUT2D eigenvalue weighted by Gasteiger charge is 2.15. The van der Waals surface area contributed by atoms with Crippen LogP contribution in [0.3, 0.4) is 0 Å². The quantitative estimate of drug-likeness (QED) is 0.184. The third-order valence-electron chi connectivity index (χ3n) is 8.95. The summed E-state index contributed by atoms with van der Waals surface area (Å²) in [6, 6.07) is 60.5. The van der Waals surface area contributed by atoms with Gasteiger partial charge in [0, 0.05) is 27.5 Å². The summed E-state index contributed by atoms with van der Waals surface area (Å²) in [7, 11) is 0. The Hall–Kier alpha value is -6.65. The van der Waals surface area contributed by atoms with Gasteiger partial charge in [-0.15, -0.1) is 0 Å². The van der Waals surface area contributed by atoms with Crippen molar-refractivity contribution in [2.75, 3.05) is 0 Å². The normalized spacial score (nSPS) is 11.3. The van der Waals surface area contributed by atoms with Gasteiger partial charge in [0.15, 0.2) is 17.5 Å². The minimum atomic E-state index is 0.621. The molecule has 2 aromatic heterocycles. The summed E-state index contributed by atoms with van der Waals surface area (Å²) in [5.74, 6) is 1.89. The molecule has 0 saturated carbocycles. The van der Waals surface area contributed by atoms with E-state index < -0.39 is 0 Å². The van der Waals surface area contributed by atoms with E-state index in [1.54, 1.807) is 0 Å². The van der Waals surface area contributed by atoms with Crippen LogP contribution in [-0.4, -0.2) is 15.0 Å². The molecule has 49 heavy (non-hydrogen) atoms. The second-order valence-electron chi connectivity index (χ2n) is 12.1. The zero-order chi connectivity index (χ0) is 32.6. The molecule has 7 aromatic carbocycles. The number of rotatable bonds is 6. The highest BCUT2D eigenvalue weighted by molar-refractivity contribution is 6.07. The van der Waals surface area contributed by atoms with Gasteiger partial charge in [-0.05, 0) is 63.7 Å². The first-order chi connectivity index (χ1) is 24.2. The van der Waals surface area contributed by atoms with Gasteiger partial charge >= 0.3 is 0 Å². The maximum atomic E-state index is 6.35. The van der Waals surface area contributed by atoms with Gasteiger partial charge in [-0.1, -0.05) is 146 Å². The van der Waals surface area contributed by atoms with Crippen molar-refractivity contribution in [2.45, 2.75) is 0 Å². The topological polar surface area (TPSA) is 51.8 Å². The standard InChI is InChI=1S/C45H29N3O/c1-4-11-30(12-5-1)32-19-21-34(22-20-32)44-46-43(33-15-8-3-9-16-33)47-45(48-44)38-18-10-17-35(27-38)37-23-25-39-40-28-36(31-13-6-2-7-14-31)24-26-41(40)49-42(39)29-37/h1-29H. The van der Waals surface area contributed by atoms with E-state index in [1.807, 2.05) is 42.5 Å². The summed E-state index contributed by atoms with van der Waals surface area (Å²) in [4.78, 5) is 14.9. The third kappa shape index (κ3) is 5.56. The minimum Gasteiger partial charge on any atom is -0.456 e. The van der Waals surface area contributed by atoms with E-state index in [0.29, 0.717) is 17.5 Å². The van der Waals surface area contributed by atoms with Crippen LogP contribution in [0.2, 0.25) is 0 Å². The summed E-state index contributed by atoms with van der Waals surface area (Å²) >= 11 is 0. The van der Waals surface area contributed by atoms with Crippen LogP contribution in [0, 0.1) is 0 Å². The van der Waals surface area contributed by atoms with Crippen LogP contribution in [0.1, 0.15) is 0 Å². The fourth-order valence-electron chi connectivity index (χ4n) is 6.40. The van der Waals surface area contributed by atoms with Crippen LogP contribution in [0.15, 0.2) is 180 Å². The molecular formula is C45H29N3O. The maximum absolute atomic E-state index is 6.35. The second kappa shape index (κ2) is 12.2. The molecule has 0 spiro atoms. The van der Waals surface area contributed by atoms with Crippen molar-refractivity contribution >= 4 is 21.9 Å². The van der Waals surface area contributed by atoms with Gasteiger partial charge in [-0.2, -0.15) is 0 Å². The Morgan fingerprint density at radius 3 is 1.37 bits per heavy atom. The van der Waals surface area contributed by atoms with Gasteiger partial charge < -0.3 is 4.42 Å². The molecule has 0 aliphatic carbocycles. The van der Waals surface area contributed by atoms with E-state index in [0.717, 1.165) is 55.3 Å². The molecule has 0 aliphatic heterocycles. The molecule has 9 aromatic rings. The summed E-state index contributed by atoms with van der Waals surface area (Å²) < 4.78 is 6.35. The van der Waals surface area contributed by atoms with Crippen LogP contribution in [0.4, 0.5) is 0 Å². The number of aromatic nitrogens is 3. The predicted octanol–water partition coefficient (Wildman–Crippen LogP) is 11.8. The molecule has 0 N–H and O–H groups in total. The molecule has 4 nitrogen and oxygen atoms in total. The molecule has 0 aliphatic rings. The first kappa shape index (κ1) is 28.6. The predicted molar refractivity (Wildman–Crippen MR) is 200 cm³/mol. The lowest BCUT2D eigenvalue weighted by Crippen LogP contribution is -2.00. The molecule has 0 bridgehead atoms. The van der Waals surface area contributed by atoms with Crippen molar-refractivity contribution in [3.8, 4) is 67.5 Å². The molecule has 0 unspecified atom stereocenters. The van der Waals surface area contributed by atoms with E-state index in [1.165, 1.54) is 16.7 Å². The molecule has 0 amide bonds. The molecule has 0 fully saturated rings. The summed E-state index contributed by atoms with van der Waals surface area (Å²) in [6.07, 6.45) is 0. The Kier molecular flexibility index (Phi) is 7.10. The lowest BCUT2D eigenvalue weighted by atomic mass is 10.00. The summed E-state index contributed by atoms with van der Waals surface area (Å²) in [5.41, 5.74) is 11.3. The highest BCUT2D eigenvalue weighted by Crippen LogP contribution is 2.36. The fourth-order valence-corrected chi connectivity index (χ4v) is 6.40. The van der Waals surface area contributed by atoms with Gasteiger partial charge in [-0.3, -0.25) is 0 Å². The first-order valence-electron chi connectivity index (χ1n) is 16.4. The number of furan rings is 1. The van der Waals surface area contributed by atoms with Crippen molar-refractivity contribution in [1.29, 1.82) is 0 Å².